The number of benzene rings is 1. The summed E-state index contributed by atoms with van der Waals surface area (Å²) < 4.78 is 5.55. The second kappa shape index (κ2) is 6.95. The van der Waals surface area contributed by atoms with E-state index in [1.165, 1.54) is 17.2 Å². The van der Waals surface area contributed by atoms with Gasteiger partial charge in [-0.15, -0.1) is 0 Å². The number of pyridine rings is 1. The van der Waals surface area contributed by atoms with Crippen LogP contribution in [0, 0.1) is 0 Å². The van der Waals surface area contributed by atoms with Gasteiger partial charge in [0.15, 0.2) is 0 Å². The van der Waals surface area contributed by atoms with Crippen molar-refractivity contribution in [3.8, 4) is 5.75 Å². The van der Waals surface area contributed by atoms with Crippen LogP contribution in [0.15, 0.2) is 42.6 Å². The SMILES string of the molecule is CN(CCOc1ccccc1)C(=O)c1cc(N)cnc1Cl. The highest BCUT2D eigenvalue weighted by atomic mass is 35.5. The Morgan fingerprint density at radius 3 is 2.81 bits per heavy atom. The molecular formula is C15H16ClN3O2. The summed E-state index contributed by atoms with van der Waals surface area (Å²) in [5.74, 6) is 0.526. The van der Waals surface area contributed by atoms with Crippen LogP contribution in [-0.2, 0) is 0 Å². The van der Waals surface area contributed by atoms with Crippen LogP contribution in [0.5, 0.6) is 5.75 Å². The molecule has 0 aliphatic heterocycles. The van der Waals surface area contributed by atoms with Gasteiger partial charge in [0.25, 0.3) is 5.91 Å². The largest absolute Gasteiger partial charge is 0.492 e. The monoisotopic (exact) mass is 305 g/mol. The molecule has 0 atom stereocenters. The molecule has 1 aromatic carbocycles. The zero-order chi connectivity index (χ0) is 15.2. The molecule has 0 aliphatic rings. The number of hydrogen-bond donors (Lipinski definition) is 1. The molecule has 21 heavy (non-hydrogen) atoms. The Bertz CT molecular complexity index is 620. The molecule has 0 fully saturated rings. The second-order valence-corrected chi connectivity index (χ2v) is 4.85. The molecule has 0 bridgehead atoms. The lowest BCUT2D eigenvalue weighted by atomic mass is 10.2. The summed E-state index contributed by atoms with van der Waals surface area (Å²) in [5.41, 5.74) is 6.32. The van der Waals surface area contributed by atoms with Crippen LogP contribution in [0.3, 0.4) is 0 Å². The predicted octanol–water partition coefficient (Wildman–Crippen LogP) is 2.47. The Labute approximate surface area is 128 Å². The van der Waals surface area contributed by atoms with Crippen LogP contribution < -0.4 is 10.5 Å². The number of carbonyl (C=O) groups excluding carboxylic acids is 1. The minimum Gasteiger partial charge on any atom is -0.492 e. The number of carbonyl (C=O) groups is 1. The summed E-state index contributed by atoms with van der Waals surface area (Å²) in [6.45, 7) is 0.818. The zero-order valence-electron chi connectivity index (χ0n) is 11.6. The third-order valence-corrected chi connectivity index (χ3v) is 3.18. The Kier molecular flexibility index (Phi) is 5.00. The van der Waals surface area contributed by atoms with Gasteiger partial charge in [-0.2, -0.15) is 0 Å². The summed E-state index contributed by atoms with van der Waals surface area (Å²) in [5, 5.41) is 0.144. The number of anilines is 1. The fourth-order valence-corrected chi connectivity index (χ4v) is 1.92. The van der Waals surface area contributed by atoms with Crippen LogP contribution in [0.4, 0.5) is 5.69 Å². The maximum atomic E-state index is 12.3. The van der Waals surface area contributed by atoms with E-state index in [0.717, 1.165) is 5.75 Å². The fourth-order valence-electron chi connectivity index (χ4n) is 1.74. The van der Waals surface area contributed by atoms with Crippen molar-refractivity contribution in [3.63, 3.8) is 0 Å². The number of hydrogen-bond acceptors (Lipinski definition) is 4. The maximum absolute atomic E-state index is 12.3. The first kappa shape index (κ1) is 15.1. The van der Waals surface area contributed by atoms with Crippen molar-refractivity contribution in [1.82, 2.24) is 9.88 Å². The van der Waals surface area contributed by atoms with Crippen molar-refractivity contribution in [2.24, 2.45) is 0 Å². The van der Waals surface area contributed by atoms with Crippen molar-refractivity contribution in [2.75, 3.05) is 25.9 Å². The normalized spacial score (nSPS) is 10.2. The van der Waals surface area contributed by atoms with Gasteiger partial charge in [-0.25, -0.2) is 4.98 Å². The molecule has 2 N–H and O–H groups in total. The average Bonchev–Trinajstić information content (AvgIpc) is 2.50. The minimum atomic E-state index is -0.239. The lowest BCUT2D eigenvalue weighted by Crippen LogP contribution is -2.31. The summed E-state index contributed by atoms with van der Waals surface area (Å²) in [6.07, 6.45) is 1.41. The van der Waals surface area contributed by atoms with Crippen molar-refractivity contribution in [3.05, 3.63) is 53.3 Å². The molecule has 0 spiro atoms. The molecule has 6 heteroatoms. The first-order chi connectivity index (χ1) is 10.1. The van der Waals surface area contributed by atoms with E-state index in [2.05, 4.69) is 4.98 Å². The molecule has 2 aromatic rings. The molecule has 1 amide bonds. The van der Waals surface area contributed by atoms with E-state index in [1.807, 2.05) is 30.3 Å². The number of rotatable bonds is 5. The first-order valence-corrected chi connectivity index (χ1v) is 6.80. The standard InChI is InChI=1S/C15H16ClN3O2/c1-19(7-8-21-12-5-3-2-4-6-12)15(20)13-9-11(17)10-18-14(13)16/h2-6,9-10H,7-8,17H2,1H3. The van der Waals surface area contributed by atoms with Crippen LogP contribution in [0.2, 0.25) is 5.15 Å². The summed E-state index contributed by atoms with van der Waals surface area (Å²) >= 11 is 5.92. The number of aromatic nitrogens is 1. The molecule has 0 aliphatic carbocycles. The Hall–Kier alpha value is -2.27. The molecule has 0 saturated carbocycles. The Morgan fingerprint density at radius 1 is 1.38 bits per heavy atom. The molecule has 5 nitrogen and oxygen atoms in total. The lowest BCUT2D eigenvalue weighted by molar-refractivity contribution is 0.0773. The van der Waals surface area contributed by atoms with E-state index in [0.29, 0.717) is 24.4 Å². The minimum absolute atomic E-state index is 0.144. The van der Waals surface area contributed by atoms with Gasteiger partial charge in [0.05, 0.1) is 24.0 Å². The summed E-state index contributed by atoms with van der Waals surface area (Å²) in [6, 6.07) is 10.9. The zero-order valence-corrected chi connectivity index (χ0v) is 12.4. The van der Waals surface area contributed by atoms with Gasteiger partial charge in [0.2, 0.25) is 0 Å². The number of amides is 1. The van der Waals surface area contributed by atoms with Crippen LogP contribution in [-0.4, -0.2) is 36.0 Å². The van der Waals surface area contributed by atoms with Crippen molar-refractivity contribution in [1.29, 1.82) is 0 Å². The molecule has 2 rings (SSSR count). The van der Waals surface area contributed by atoms with E-state index >= 15 is 0 Å². The number of nitrogens with zero attached hydrogens (tertiary/aromatic N) is 2. The van der Waals surface area contributed by atoms with Crippen molar-refractivity contribution < 1.29 is 9.53 Å². The lowest BCUT2D eigenvalue weighted by Gasteiger charge is -2.18. The average molecular weight is 306 g/mol. The number of halogens is 1. The van der Waals surface area contributed by atoms with E-state index in [-0.39, 0.29) is 11.1 Å². The predicted molar refractivity (Wildman–Crippen MR) is 82.6 cm³/mol. The Morgan fingerprint density at radius 2 is 2.10 bits per heavy atom. The van der Waals surface area contributed by atoms with E-state index in [9.17, 15) is 4.79 Å². The topological polar surface area (TPSA) is 68.5 Å². The smallest absolute Gasteiger partial charge is 0.256 e. The van der Waals surface area contributed by atoms with Crippen LogP contribution in [0.25, 0.3) is 0 Å². The fraction of sp³-hybridized carbons (Fsp3) is 0.200. The van der Waals surface area contributed by atoms with Gasteiger partial charge < -0.3 is 15.4 Å². The quantitative estimate of drug-likeness (QED) is 0.862. The molecule has 1 heterocycles. The van der Waals surface area contributed by atoms with E-state index < -0.39 is 0 Å². The van der Waals surface area contributed by atoms with Crippen molar-refractivity contribution in [2.45, 2.75) is 0 Å². The van der Waals surface area contributed by atoms with Gasteiger partial charge in [-0.3, -0.25) is 4.79 Å². The third-order valence-electron chi connectivity index (χ3n) is 2.88. The molecule has 1 aromatic heterocycles. The summed E-state index contributed by atoms with van der Waals surface area (Å²) in [4.78, 5) is 17.6. The Balaban J connectivity index is 1.92. The highest BCUT2D eigenvalue weighted by molar-refractivity contribution is 6.32. The highest BCUT2D eigenvalue weighted by Crippen LogP contribution is 2.17. The number of nitrogen functional groups attached to an aromatic ring is 1. The van der Waals surface area contributed by atoms with Crippen LogP contribution in [0.1, 0.15) is 10.4 Å². The van der Waals surface area contributed by atoms with Gasteiger partial charge in [-0.1, -0.05) is 29.8 Å². The maximum Gasteiger partial charge on any atom is 0.256 e. The van der Waals surface area contributed by atoms with Crippen molar-refractivity contribution >= 4 is 23.2 Å². The van der Waals surface area contributed by atoms with Gasteiger partial charge in [-0.05, 0) is 18.2 Å². The van der Waals surface area contributed by atoms with E-state index in [1.54, 1.807) is 7.05 Å². The molecular weight excluding hydrogens is 290 g/mol. The third kappa shape index (κ3) is 4.10. The number of likely N-dealkylation sites (N-methyl/N-ethyl adjacent to an activating group) is 1. The van der Waals surface area contributed by atoms with E-state index in [4.69, 9.17) is 22.1 Å². The number of ether oxygens (including phenoxy) is 1. The van der Waals surface area contributed by atoms with Gasteiger partial charge in [0.1, 0.15) is 17.5 Å². The first-order valence-electron chi connectivity index (χ1n) is 6.42. The van der Waals surface area contributed by atoms with Crippen LogP contribution >= 0.6 is 11.6 Å². The highest BCUT2D eigenvalue weighted by Gasteiger charge is 2.16. The molecule has 0 saturated heterocycles. The summed E-state index contributed by atoms with van der Waals surface area (Å²) in [7, 11) is 1.68. The second-order valence-electron chi connectivity index (χ2n) is 4.50. The van der Waals surface area contributed by atoms with Gasteiger partial charge >= 0.3 is 0 Å². The van der Waals surface area contributed by atoms with Gasteiger partial charge in [0, 0.05) is 7.05 Å². The number of nitrogens with two attached hydrogens (primary N) is 1. The number of para-hydroxylation sites is 1. The molecule has 0 radical (unpaired) electrons. The molecule has 110 valence electrons. The molecule has 0 unspecified atom stereocenters.